The van der Waals surface area contributed by atoms with Crippen LogP contribution < -0.4 is 5.32 Å². The van der Waals surface area contributed by atoms with Gasteiger partial charge in [0.2, 0.25) is 5.95 Å². The highest BCUT2D eigenvalue weighted by Crippen LogP contribution is 2.38. The van der Waals surface area contributed by atoms with Gasteiger partial charge in [-0.05, 0) is 62.9 Å². The Kier molecular flexibility index (Phi) is 7.86. The number of likely N-dealkylation sites (N-methyl/N-ethyl adjacent to an activating group) is 1. The summed E-state index contributed by atoms with van der Waals surface area (Å²) in [5, 5.41) is 18.4. The van der Waals surface area contributed by atoms with Crippen LogP contribution in [0.2, 0.25) is 0 Å². The number of aliphatic hydroxyl groups excluding tert-OH is 1. The number of methoxy groups -OCH3 is 1. The maximum atomic E-state index is 10.1. The molecule has 0 unspecified atom stereocenters. The predicted molar refractivity (Wildman–Crippen MR) is 143 cm³/mol. The Morgan fingerprint density at radius 2 is 1.89 bits per heavy atom. The van der Waals surface area contributed by atoms with Crippen LogP contribution in [0.3, 0.4) is 0 Å². The highest BCUT2D eigenvalue weighted by Gasteiger charge is 2.26. The van der Waals surface area contributed by atoms with Crippen LogP contribution in [0, 0.1) is 0 Å². The van der Waals surface area contributed by atoms with Gasteiger partial charge in [0.05, 0.1) is 24.4 Å². The topological polar surface area (TPSA) is 78.2 Å². The van der Waals surface area contributed by atoms with Crippen LogP contribution in [0.4, 0.5) is 5.95 Å². The predicted octanol–water partition coefficient (Wildman–Crippen LogP) is 3.61. The molecule has 8 nitrogen and oxygen atoms in total. The third-order valence-corrected chi connectivity index (χ3v) is 7.69. The second kappa shape index (κ2) is 11.3. The van der Waals surface area contributed by atoms with Gasteiger partial charge in [-0.1, -0.05) is 18.2 Å². The van der Waals surface area contributed by atoms with E-state index in [1.807, 2.05) is 6.20 Å². The summed E-state index contributed by atoms with van der Waals surface area (Å²) >= 11 is 0. The van der Waals surface area contributed by atoms with Crippen LogP contribution in [0.15, 0.2) is 36.5 Å². The summed E-state index contributed by atoms with van der Waals surface area (Å²) in [6.07, 6.45) is 5.40. The third kappa shape index (κ3) is 5.72. The second-order valence-corrected chi connectivity index (χ2v) is 10.6. The van der Waals surface area contributed by atoms with Crippen molar-refractivity contribution in [2.45, 2.75) is 57.2 Å². The number of anilines is 1. The van der Waals surface area contributed by atoms with Crippen LogP contribution in [-0.4, -0.2) is 88.6 Å². The molecule has 36 heavy (non-hydrogen) atoms. The smallest absolute Gasteiger partial charge is 0.241 e. The molecule has 8 heteroatoms. The van der Waals surface area contributed by atoms with E-state index in [2.05, 4.69) is 68.9 Å². The first-order chi connectivity index (χ1) is 17.5. The lowest BCUT2D eigenvalue weighted by Gasteiger charge is -2.32. The lowest BCUT2D eigenvalue weighted by atomic mass is 9.85. The number of piperazine rings is 1. The van der Waals surface area contributed by atoms with Crippen LogP contribution >= 0.6 is 0 Å². The largest absolute Gasteiger partial charge is 0.393 e. The van der Waals surface area contributed by atoms with Crippen LogP contribution in [0.5, 0.6) is 0 Å². The van der Waals surface area contributed by atoms with Gasteiger partial charge in [0.15, 0.2) is 0 Å². The van der Waals surface area contributed by atoms with Crippen molar-refractivity contribution < 1.29 is 9.84 Å². The monoisotopic (exact) mass is 492 g/mol. The van der Waals surface area contributed by atoms with Crippen molar-refractivity contribution in [2.75, 3.05) is 52.3 Å². The summed E-state index contributed by atoms with van der Waals surface area (Å²) in [6, 6.07) is 11.4. The Bertz CT molecular complexity index is 1150. The van der Waals surface area contributed by atoms with E-state index in [-0.39, 0.29) is 12.1 Å². The summed E-state index contributed by atoms with van der Waals surface area (Å²) in [6.45, 7) is 8.10. The van der Waals surface area contributed by atoms with Crippen LogP contribution in [0.1, 0.15) is 49.8 Å². The van der Waals surface area contributed by atoms with Crippen LogP contribution in [0.25, 0.3) is 16.6 Å². The zero-order valence-electron chi connectivity index (χ0n) is 21.9. The SMILES string of the molecule is COC[C@H](C)Nc1ncc2c(-c3cccc(CN4CCN(C)CC4)c3)cc([C@H]3CC[C@H](O)CC3)n2n1. The number of nitrogens with one attached hydrogen (secondary N) is 1. The van der Waals surface area contributed by atoms with Gasteiger partial charge in [0.25, 0.3) is 0 Å². The molecular weight excluding hydrogens is 452 g/mol. The summed E-state index contributed by atoms with van der Waals surface area (Å²) in [5.41, 5.74) is 5.96. The number of fused-ring (bicyclic) bond motifs is 1. The number of rotatable bonds is 8. The van der Waals surface area contributed by atoms with E-state index < -0.39 is 0 Å². The van der Waals surface area contributed by atoms with Crippen molar-refractivity contribution in [3.63, 3.8) is 0 Å². The first kappa shape index (κ1) is 25.1. The van der Waals surface area contributed by atoms with Crippen molar-refractivity contribution >= 4 is 11.5 Å². The van der Waals surface area contributed by atoms with E-state index in [1.165, 1.54) is 22.4 Å². The fourth-order valence-electron chi connectivity index (χ4n) is 5.59. The molecule has 1 saturated carbocycles. The van der Waals surface area contributed by atoms with Gasteiger partial charge in [-0.15, -0.1) is 5.10 Å². The molecule has 3 heterocycles. The fourth-order valence-corrected chi connectivity index (χ4v) is 5.59. The Balaban J connectivity index is 1.47. The lowest BCUT2D eigenvalue weighted by molar-refractivity contribution is 0.121. The highest BCUT2D eigenvalue weighted by molar-refractivity contribution is 5.82. The lowest BCUT2D eigenvalue weighted by Crippen LogP contribution is -2.43. The van der Waals surface area contributed by atoms with Gasteiger partial charge in [-0.3, -0.25) is 4.90 Å². The number of benzene rings is 1. The Hall–Kier alpha value is -2.52. The zero-order chi connectivity index (χ0) is 25.1. The third-order valence-electron chi connectivity index (χ3n) is 7.69. The number of nitrogens with zero attached hydrogens (tertiary/aromatic N) is 5. The van der Waals surface area contributed by atoms with Gasteiger partial charge in [0, 0.05) is 63.1 Å². The molecule has 1 saturated heterocycles. The fraction of sp³-hybridized carbons (Fsp3) is 0.571. The minimum absolute atomic E-state index is 0.113. The minimum Gasteiger partial charge on any atom is -0.393 e. The molecule has 2 aliphatic rings. The molecule has 2 N–H and O–H groups in total. The molecule has 0 bridgehead atoms. The number of ether oxygens (including phenoxy) is 1. The second-order valence-electron chi connectivity index (χ2n) is 10.6. The molecule has 2 aromatic heterocycles. The molecule has 3 aromatic rings. The molecule has 5 rings (SSSR count). The summed E-state index contributed by atoms with van der Waals surface area (Å²) in [5.74, 6) is 0.984. The van der Waals surface area contributed by atoms with Gasteiger partial charge in [-0.2, -0.15) is 0 Å². The summed E-state index contributed by atoms with van der Waals surface area (Å²) in [7, 11) is 3.90. The number of hydrogen-bond donors (Lipinski definition) is 2. The maximum absolute atomic E-state index is 10.1. The molecule has 194 valence electrons. The van der Waals surface area contributed by atoms with E-state index in [0.29, 0.717) is 18.5 Å². The standard InChI is InChI=1S/C28H40N6O2/c1-20(19-36-3)30-28-29-17-27-25(16-26(34(27)31-28)22-7-9-24(35)10-8-22)23-6-4-5-21(15-23)18-33-13-11-32(2)12-14-33/h4-6,15-17,20,22,24,35H,7-14,18-19H2,1-3H3,(H,30,31)/t20-,22-,24-/m0/s1. The van der Waals surface area contributed by atoms with E-state index in [1.54, 1.807) is 7.11 Å². The Labute approximate surface area is 214 Å². The average Bonchev–Trinajstić information content (AvgIpc) is 3.25. The van der Waals surface area contributed by atoms with Crippen molar-refractivity contribution in [1.29, 1.82) is 0 Å². The van der Waals surface area contributed by atoms with E-state index in [4.69, 9.17) is 9.84 Å². The molecule has 1 aromatic carbocycles. The van der Waals surface area contributed by atoms with Gasteiger partial charge < -0.3 is 20.1 Å². The highest BCUT2D eigenvalue weighted by atomic mass is 16.5. The van der Waals surface area contributed by atoms with E-state index in [0.717, 1.165) is 63.9 Å². The molecule has 1 aliphatic carbocycles. The quantitative estimate of drug-likeness (QED) is 0.497. The van der Waals surface area contributed by atoms with Crippen molar-refractivity contribution in [1.82, 2.24) is 24.4 Å². The number of aromatic nitrogens is 3. The molecule has 0 spiro atoms. The minimum atomic E-state index is -0.181. The van der Waals surface area contributed by atoms with Crippen LogP contribution in [-0.2, 0) is 11.3 Å². The molecule has 2 fully saturated rings. The first-order valence-corrected chi connectivity index (χ1v) is 13.3. The zero-order valence-corrected chi connectivity index (χ0v) is 21.9. The average molecular weight is 493 g/mol. The molecule has 0 amide bonds. The van der Waals surface area contributed by atoms with Gasteiger partial charge in [-0.25, -0.2) is 9.50 Å². The summed E-state index contributed by atoms with van der Waals surface area (Å²) in [4.78, 5) is 9.59. The molecule has 1 atom stereocenters. The number of aliphatic hydroxyl groups is 1. The van der Waals surface area contributed by atoms with E-state index >= 15 is 0 Å². The normalized spacial score (nSPS) is 22.7. The van der Waals surface area contributed by atoms with E-state index in [9.17, 15) is 5.11 Å². The van der Waals surface area contributed by atoms with Crippen molar-refractivity contribution in [3.05, 3.63) is 47.8 Å². The summed E-state index contributed by atoms with van der Waals surface area (Å²) < 4.78 is 7.35. The molecule has 0 radical (unpaired) electrons. The first-order valence-electron chi connectivity index (χ1n) is 13.3. The van der Waals surface area contributed by atoms with Crippen molar-refractivity contribution in [2.24, 2.45) is 0 Å². The molecular formula is C28H40N6O2. The van der Waals surface area contributed by atoms with Crippen molar-refractivity contribution in [3.8, 4) is 11.1 Å². The number of hydrogen-bond acceptors (Lipinski definition) is 7. The maximum Gasteiger partial charge on any atom is 0.241 e. The van der Waals surface area contributed by atoms with Gasteiger partial charge in [0.1, 0.15) is 0 Å². The molecule has 1 aliphatic heterocycles. The Morgan fingerprint density at radius 3 is 2.64 bits per heavy atom. The Morgan fingerprint density at radius 1 is 1.11 bits per heavy atom. The van der Waals surface area contributed by atoms with Gasteiger partial charge >= 0.3 is 0 Å².